The quantitative estimate of drug-likeness (QED) is 0.600. The Hall–Kier alpha value is -0.340. The van der Waals surface area contributed by atoms with Crippen LogP contribution < -0.4 is 0 Å². The summed E-state index contributed by atoms with van der Waals surface area (Å²) in [5.74, 6) is 0. The summed E-state index contributed by atoms with van der Waals surface area (Å²) >= 11 is 0. The maximum Gasteiger partial charge on any atom is 0.0835 e. The molecule has 0 fully saturated rings. The zero-order valence-corrected chi connectivity index (χ0v) is 8.08. The van der Waals surface area contributed by atoms with Crippen molar-refractivity contribution in [2.24, 2.45) is 0 Å². The molecule has 72 valence electrons. The van der Waals surface area contributed by atoms with Crippen molar-refractivity contribution in [3.63, 3.8) is 0 Å². The monoisotopic (exact) mass is 172 g/mol. The minimum Gasteiger partial charge on any atom is -0.390 e. The second-order valence-electron chi connectivity index (χ2n) is 3.23. The van der Waals surface area contributed by atoms with Crippen LogP contribution in [0.4, 0.5) is 0 Å². The van der Waals surface area contributed by atoms with Gasteiger partial charge in [-0.05, 0) is 19.3 Å². The molecule has 2 heteroatoms. The molecule has 2 nitrogen and oxygen atoms in total. The smallest absolute Gasteiger partial charge is 0.0835 e. The van der Waals surface area contributed by atoms with Gasteiger partial charge in [0.25, 0.3) is 0 Å². The predicted octanol–water partition coefficient (Wildman–Crippen LogP) is 1.86. The van der Waals surface area contributed by atoms with Gasteiger partial charge in [-0.2, -0.15) is 0 Å². The van der Waals surface area contributed by atoms with Crippen molar-refractivity contribution in [1.29, 1.82) is 0 Å². The molecule has 0 rings (SSSR count). The summed E-state index contributed by atoms with van der Waals surface area (Å²) in [7, 11) is 0. The van der Waals surface area contributed by atoms with Crippen LogP contribution in [0.2, 0.25) is 0 Å². The Balaban J connectivity index is 3.69. The minimum absolute atomic E-state index is 0.525. The highest BCUT2D eigenvalue weighted by molar-refractivity contribution is 4.95. The minimum atomic E-state index is -0.627. The van der Waals surface area contributed by atoms with Gasteiger partial charge in [0, 0.05) is 0 Å². The van der Waals surface area contributed by atoms with Crippen LogP contribution in [0.3, 0.4) is 0 Å². The standard InChI is InChI=1S/C10H20O2/c1-4-6-9(11)10(12)7-8(3)5-2/h9-12H,3-7H2,1-2H3. The van der Waals surface area contributed by atoms with E-state index in [-0.39, 0.29) is 0 Å². The van der Waals surface area contributed by atoms with Crippen LogP contribution in [-0.4, -0.2) is 22.4 Å². The van der Waals surface area contributed by atoms with Crippen LogP contribution in [0.15, 0.2) is 12.2 Å². The molecule has 0 saturated carbocycles. The van der Waals surface area contributed by atoms with Crippen LogP contribution in [0.25, 0.3) is 0 Å². The van der Waals surface area contributed by atoms with Gasteiger partial charge in [-0.3, -0.25) is 0 Å². The van der Waals surface area contributed by atoms with Gasteiger partial charge >= 0.3 is 0 Å². The van der Waals surface area contributed by atoms with Crippen molar-refractivity contribution >= 4 is 0 Å². The van der Waals surface area contributed by atoms with E-state index >= 15 is 0 Å². The Labute approximate surface area is 74.9 Å². The van der Waals surface area contributed by atoms with Crippen LogP contribution in [0.5, 0.6) is 0 Å². The molecule has 0 aromatic rings. The first-order chi connectivity index (χ1) is 5.61. The highest BCUT2D eigenvalue weighted by Gasteiger charge is 2.15. The lowest BCUT2D eigenvalue weighted by atomic mass is 10.0. The SMILES string of the molecule is C=C(CC)CC(O)C(O)CCC. The van der Waals surface area contributed by atoms with Gasteiger partial charge in [0.2, 0.25) is 0 Å². The molecule has 0 aliphatic heterocycles. The summed E-state index contributed by atoms with van der Waals surface area (Å²) < 4.78 is 0. The maximum absolute atomic E-state index is 9.44. The van der Waals surface area contributed by atoms with Gasteiger partial charge in [0.05, 0.1) is 12.2 Å². The van der Waals surface area contributed by atoms with Crippen LogP contribution in [0.1, 0.15) is 39.5 Å². The summed E-state index contributed by atoms with van der Waals surface area (Å²) in [6, 6.07) is 0. The van der Waals surface area contributed by atoms with Crippen molar-refractivity contribution in [1.82, 2.24) is 0 Å². The normalized spacial score (nSPS) is 15.7. The average Bonchev–Trinajstić information content (AvgIpc) is 2.04. The summed E-state index contributed by atoms with van der Waals surface area (Å²) in [6.07, 6.45) is 1.75. The van der Waals surface area contributed by atoms with Gasteiger partial charge in [0.1, 0.15) is 0 Å². The summed E-state index contributed by atoms with van der Waals surface area (Å²) in [5.41, 5.74) is 0.998. The average molecular weight is 172 g/mol. The topological polar surface area (TPSA) is 40.5 Å². The van der Waals surface area contributed by atoms with E-state index in [0.717, 1.165) is 18.4 Å². The number of rotatable bonds is 6. The van der Waals surface area contributed by atoms with E-state index in [0.29, 0.717) is 12.8 Å². The maximum atomic E-state index is 9.44. The summed E-state index contributed by atoms with van der Waals surface area (Å²) in [5, 5.41) is 18.8. The van der Waals surface area contributed by atoms with E-state index in [9.17, 15) is 10.2 Å². The Morgan fingerprint density at radius 1 is 1.25 bits per heavy atom. The summed E-state index contributed by atoms with van der Waals surface area (Å²) in [6.45, 7) is 7.78. The van der Waals surface area contributed by atoms with E-state index in [1.54, 1.807) is 0 Å². The molecule has 0 saturated heterocycles. The first-order valence-corrected chi connectivity index (χ1v) is 4.64. The Morgan fingerprint density at radius 3 is 2.25 bits per heavy atom. The molecule has 0 aromatic carbocycles. The first-order valence-electron chi connectivity index (χ1n) is 4.64. The van der Waals surface area contributed by atoms with Crippen LogP contribution >= 0.6 is 0 Å². The second-order valence-corrected chi connectivity index (χ2v) is 3.23. The Kier molecular flexibility index (Phi) is 6.03. The van der Waals surface area contributed by atoms with Crippen molar-refractivity contribution < 1.29 is 10.2 Å². The number of aliphatic hydroxyl groups excluding tert-OH is 2. The molecule has 12 heavy (non-hydrogen) atoms. The van der Waals surface area contributed by atoms with Gasteiger partial charge in [-0.15, -0.1) is 0 Å². The fourth-order valence-electron chi connectivity index (χ4n) is 1.06. The molecule has 0 amide bonds. The van der Waals surface area contributed by atoms with Gasteiger partial charge < -0.3 is 10.2 Å². The lowest BCUT2D eigenvalue weighted by molar-refractivity contribution is 0.0146. The predicted molar refractivity (Wildman–Crippen MR) is 51.0 cm³/mol. The molecule has 0 heterocycles. The first kappa shape index (κ1) is 11.7. The fourth-order valence-corrected chi connectivity index (χ4v) is 1.06. The fraction of sp³-hybridized carbons (Fsp3) is 0.800. The molecule has 0 spiro atoms. The third-order valence-electron chi connectivity index (χ3n) is 2.03. The summed E-state index contributed by atoms with van der Waals surface area (Å²) in [4.78, 5) is 0. The van der Waals surface area contributed by atoms with E-state index in [2.05, 4.69) is 6.58 Å². The Bertz CT molecular complexity index is 132. The molecule has 0 aliphatic rings. The molecule has 0 aliphatic carbocycles. The molecule has 2 unspecified atom stereocenters. The highest BCUT2D eigenvalue weighted by atomic mass is 16.3. The molecular weight excluding hydrogens is 152 g/mol. The molecule has 0 radical (unpaired) electrons. The van der Waals surface area contributed by atoms with Crippen molar-refractivity contribution in [2.75, 3.05) is 0 Å². The molecule has 0 bridgehead atoms. The number of aliphatic hydroxyl groups is 2. The second kappa shape index (κ2) is 6.21. The largest absolute Gasteiger partial charge is 0.390 e. The van der Waals surface area contributed by atoms with E-state index in [1.165, 1.54) is 0 Å². The van der Waals surface area contributed by atoms with E-state index in [4.69, 9.17) is 0 Å². The van der Waals surface area contributed by atoms with Crippen molar-refractivity contribution in [3.8, 4) is 0 Å². The Morgan fingerprint density at radius 2 is 1.83 bits per heavy atom. The van der Waals surface area contributed by atoms with Crippen molar-refractivity contribution in [2.45, 2.75) is 51.7 Å². The number of hydrogen-bond donors (Lipinski definition) is 2. The zero-order valence-electron chi connectivity index (χ0n) is 8.08. The highest BCUT2D eigenvalue weighted by Crippen LogP contribution is 2.12. The third kappa shape index (κ3) is 4.52. The number of hydrogen-bond acceptors (Lipinski definition) is 2. The third-order valence-corrected chi connectivity index (χ3v) is 2.03. The zero-order chi connectivity index (χ0) is 9.56. The molecular formula is C10H20O2. The van der Waals surface area contributed by atoms with Crippen LogP contribution in [0, 0.1) is 0 Å². The van der Waals surface area contributed by atoms with Gasteiger partial charge in [-0.1, -0.05) is 32.4 Å². The van der Waals surface area contributed by atoms with Gasteiger partial charge in [-0.25, -0.2) is 0 Å². The molecule has 2 atom stereocenters. The van der Waals surface area contributed by atoms with Crippen LogP contribution in [-0.2, 0) is 0 Å². The molecule has 2 N–H and O–H groups in total. The van der Waals surface area contributed by atoms with Crippen molar-refractivity contribution in [3.05, 3.63) is 12.2 Å². The van der Waals surface area contributed by atoms with E-state index in [1.807, 2.05) is 13.8 Å². The lowest BCUT2D eigenvalue weighted by Gasteiger charge is -2.17. The van der Waals surface area contributed by atoms with E-state index < -0.39 is 12.2 Å². The van der Waals surface area contributed by atoms with Gasteiger partial charge in [0.15, 0.2) is 0 Å². The molecule has 0 aromatic heterocycles. The lowest BCUT2D eigenvalue weighted by Crippen LogP contribution is -2.25.